The third-order valence-electron chi connectivity index (χ3n) is 19.4. The van der Waals surface area contributed by atoms with E-state index in [1.165, 1.54) is 58.3 Å². The first kappa shape index (κ1) is 96.8. The molecule has 0 atom stereocenters. The molecule has 133 heavy (non-hydrogen) atoms. The fourth-order valence-electron chi connectivity index (χ4n) is 12.8. The van der Waals surface area contributed by atoms with Crippen LogP contribution in [-0.2, 0) is 28.4 Å². The van der Waals surface area contributed by atoms with Crippen molar-refractivity contribution in [3.63, 3.8) is 0 Å². The number of halogens is 6. The predicted molar refractivity (Wildman–Crippen MR) is 488 cm³/mol. The Morgan fingerprint density at radius 3 is 1.21 bits per heavy atom. The van der Waals surface area contributed by atoms with Gasteiger partial charge < -0.3 is 87.6 Å². The molecular formula is C85H90BrF5N26O16. The van der Waals surface area contributed by atoms with Crippen LogP contribution in [0.3, 0.4) is 0 Å². The largest absolute Gasteiger partial charge is 0.507 e. The van der Waals surface area contributed by atoms with Crippen molar-refractivity contribution in [3.05, 3.63) is 211 Å². The summed E-state index contributed by atoms with van der Waals surface area (Å²) in [7, 11) is 4.06. The van der Waals surface area contributed by atoms with Crippen molar-refractivity contribution in [3.8, 4) is 40.2 Å². The quantitative estimate of drug-likeness (QED) is 0.00799. The maximum absolute atomic E-state index is 14.1. The molecule has 0 unspecified atom stereocenters. The molecule has 5 aromatic heterocycles. The van der Waals surface area contributed by atoms with E-state index in [0.717, 1.165) is 57.9 Å². The van der Waals surface area contributed by atoms with E-state index in [-0.39, 0.29) is 81.8 Å². The number of ether oxygens (including phenoxy) is 9. The molecule has 42 nitrogen and oxygen atoms in total. The number of esters is 1. The van der Waals surface area contributed by atoms with Crippen LogP contribution in [0.25, 0.3) is 10.8 Å². The van der Waals surface area contributed by atoms with Crippen LogP contribution in [0.15, 0.2) is 164 Å². The van der Waals surface area contributed by atoms with Gasteiger partial charge >= 0.3 is 11.7 Å². The zero-order valence-electron chi connectivity index (χ0n) is 71.8. The lowest BCUT2D eigenvalue weighted by molar-refractivity contribution is -0.386. The number of phenols is 4. The summed E-state index contributed by atoms with van der Waals surface area (Å²) in [6, 6.07) is 28.6. The average molecular weight is 1910 g/mol. The highest BCUT2D eigenvalue weighted by Gasteiger charge is 2.26. The molecule has 16 rings (SSSR count). The lowest BCUT2D eigenvalue weighted by Gasteiger charge is -2.27. The Morgan fingerprint density at radius 1 is 0.451 bits per heavy atom. The summed E-state index contributed by atoms with van der Waals surface area (Å²) in [6.45, 7) is 13.0. The number of hydrogen-bond donors (Lipinski definition) is 9. The Labute approximate surface area is 764 Å². The molecule has 6 aromatic carbocycles. The van der Waals surface area contributed by atoms with Crippen LogP contribution < -0.4 is 65.8 Å². The molecule has 698 valence electrons. The van der Waals surface area contributed by atoms with Crippen molar-refractivity contribution < 1.29 is 94.7 Å². The Morgan fingerprint density at radius 2 is 0.812 bits per heavy atom. The number of anilines is 10. The highest BCUT2D eigenvalue weighted by molar-refractivity contribution is 9.10. The van der Waals surface area contributed by atoms with Gasteiger partial charge in [-0.1, -0.05) is 58.4 Å². The first-order valence-corrected chi connectivity index (χ1v) is 41.6. The van der Waals surface area contributed by atoms with Gasteiger partial charge in [0, 0.05) is 92.7 Å². The van der Waals surface area contributed by atoms with Crippen LogP contribution in [-0.4, -0.2) is 272 Å². The summed E-state index contributed by atoms with van der Waals surface area (Å²) >= 11 is 3.33. The summed E-state index contributed by atoms with van der Waals surface area (Å²) in [4.78, 5) is 70.8. The molecule has 10 heterocycles. The number of phenolic OH excluding ortho intramolecular Hbond substituents is 4. The summed E-state index contributed by atoms with van der Waals surface area (Å²) in [5.74, 6) is -0.972. The maximum Gasteiger partial charge on any atom is 0.337 e. The van der Waals surface area contributed by atoms with Gasteiger partial charge in [0.1, 0.15) is 5.75 Å². The van der Waals surface area contributed by atoms with Crippen LogP contribution >= 0.6 is 15.9 Å². The molecule has 48 heteroatoms. The fraction of sp³-hybridized carbons (Fsp3) is 0.294. The monoisotopic (exact) mass is 1900 g/mol. The molecule has 0 bridgehead atoms. The van der Waals surface area contributed by atoms with Gasteiger partial charge in [-0.15, -0.1) is 0 Å². The highest BCUT2D eigenvalue weighted by Crippen LogP contribution is 2.38. The first-order valence-electron chi connectivity index (χ1n) is 40.8. The minimum absolute atomic E-state index is 0.0460. The minimum Gasteiger partial charge on any atom is -0.507 e. The van der Waals surface area contributed by atoms with Gasteiger partial charge in [-0.2, -0.15) is 50.4 Å². The smallest absolute Gasteiger partial charge is 0.337 e. The van der Waals surface area contributed by atoms with Gasteiger partial charge in [-0.3, -0.25) is 10.1 Å². The Balaban J connectivity index is 0.000000150. The van der Waals surface area contributed by atoms with E-state index in [4.69, 9.17) is 37.9 Å². The summed E-state index contributed by atoms with van der Waals surface area (Å²) in [5.41, 5.74) is 16.0. The molecule has 0 saturated carbocycles. The van der Waals surface area contributed by atoms with Gasteiger partial charge in [0.15, 0.2) is 86.9 Å². The molecule has 5 saturated heterocycles. The number of rotatable bonds is 26. The Bertz CT molecular complexity index is 5930. The number of morpholine rings is 5. The molecule has 5 aliphatic rings. The Hall–Kier alpha value is -15.3. The number of aromatic nitrogens is 10. The number of benzene rings is 6. The van der Waals surface area contributed by atoms with Gasteiger partial charge in [0.25, 0.3) is 0 Å². The van der Waals surface area contributed by atoms with Crippen LogP contribution in [0.4, 0.5) is 86.5 Å². The van der Waals surface area contributed by atoms with E-state index < -0.39 is 51.4 Å². The fourth-order valence-corrected chi connectivity index (χ4v) is 13.3. The number of nitrogens with zero attached hydrogens (tertiary/aromatic N) is 21. The zero-order chi connectivity index (χ0) is 94.0. The van der Waals surface area contributed by atoms with Gasteiger partial charge in [0.2, 0.25) is 35.5 Å². The van der Waals surface area contributed by atoms with Gasteiger partial charge in [-0.25, -0.2) is 78.8 Å². The second-order valence-corrected chi connectivity index (χ2v) is 29.0. The van der Waals surface area contributed by atoms with Crippen molar-refractivity contribution in [2.75, 3.05) is 211 Å². The average Bonchev–Trinajstić information content (AvgIpc) is 0.829. The van der Waals surface area contributed by atoms with E-state index in [1.54, 1.807) is 75.5 Å². The Kier molecular flexibility index (Phi) is 35.6. The lowest BCUT2D eigenvalue weighted by Crippen LogP contribution is -2.37. The van der Waals surface area contributed by atoms with E-state index >= 15 is 0 Å². The van der Waals surface area contributed by atoms with E-state index in [1.807, 2.05) is 47.1 Å². The number of nitro benzene ring substituents is 1. The summed E-state index contributed by atoms with van der Waals surface area (Å²) < 4.78 is 117. The zero-order valence-corrected chi connectivity index (χ0v) is 73.4. The predicted octanol–water partition coefficient (Wildman–Crippen LogP) is 10.3. The van der Waals surface area contributed by atoms with Crippen molar-refractivity contribution >= 4 is 128 Å². The van der Waals surface area contributed by atoms with Crippen molar-refractivity contribution in [2.24, 2.45) is 25.5 Å². The molecule has 0 spiro atoms. The number of fused-ring (bicyclic) bond motifs is 1. The van der Waals surface area contributed by atoms with Gasteiger partial charge in [0.05, 0.1) is 167 Å². The highest BCUT2D eigenvalue weighted by atomic mass is 79.9. The second kappa shape index (κ2) is 48.9. The molecule has 9 N–H and O–H groups in total. The molecule has 5 aliphatic heterocycles. The van der Waals surface area contributed by atoms with Gasteiger partial charge in [-0.05, 0) is 83.4 Å². The molecule has 11 aromatic rings. The number of hydrogen-bond acceptors (Lipinski definition) is 41. The SMILES string of the molecule is CCOc1cc(/C=N\Nc2ncc(F)c(N3CCOCC3)n2)ccc1O.COC(=O)c1ccc(/C=N\Nc2ncc(F)c(N3CCOCC3)n2)cc1.COc1cc(/C=N\Nc2ncc(F)c(N3CCOCC3)n2)cc([N+](=O)[O-])c1O.COc1cc(Br)cc(/C=N/Nc2ncc(F)c(N3CCOCC3)n2)c1O.Oc1ccc2ccccc2c1/C=N/Nc1ncc(F)c(N2CCOCC2)n1. The van der Waals surface area contributed by atoms with Crippen LogP contribution in [0, 0.1) is 39.2 Å². The van der Waals surface area contributed by atoms with Crippen LogP contribution in [0.1, 0.15) is 45.1 Å². The summed E-state index contributed by atoms with van der Waals surface area (Å²) in [6.07, 6.45) is 12.7. The number of nitro groups is 1. The number of carbonyl (C=O) groups excluding carboxylic acids is 1. The third-order valence-corrected chi connectivity index (χ3v) is 19.8. The number of methoxy groups -OCH3 is 3. The first-order chi connectivity index (χ1) is 64.6. The van der Waals surface area contributed by atoms with Crippen molar-refractivity contribution in [1.29, 1.82) is 0 Å². The number of aromatic hydroxyl groups is 4. The number of nitrogens with one attached hydrogen (secondary N) is 5. The third kappa shape index (κ3) is 27.7. The topological polar surface area (TPSA) is 491 Å². The van der Waals surface area contributed by atoms with E-state index in [0.29, 0.717) is 177 Å². The molecule has 0 radical (unpaired) electrons. The maximum atomic E-state index is 14.1. The summed E-state index contributed by atoms with van der Waals surface area (Å²) in [5, 5.41) is 72.7. The normalized spacial score (nSPS) is 14.6. The number of hydrazone groups is 5. The second-order valence-electron chi connectivity index (χ2n) is 28.1. The minimum atomic E-state index is -0.736. The van der Waals surface area contributed by atoms with Crippen LogP contribution in [0.2, 0.25) is 0 Å². The standard InChI is InChI=1S/C19H18FN5O2.C17H18FN5O3.C17H20FN5O3.C16H17BrFN5O3.C16H17FN6O5/c20-16-12-21-19(23-18(16)25-7-9-27-10-8-25)24-22-11-15-14-4-2-1-3-13(14)5-6-17(15)26;1-25-16(24)13-4-2-12(3-5-13)10-20-22-17-19-11-14(18)15(21-17)23-6-8-26-9-7-23;1-2-26-15-9-12(3-4-14(15)24)10-20-22-17-19-11-13(18)16(21-17)23-5-7-25-8-6-23;1-25-13-7-11(17)6-10(14(13)24)8-20-22-16-19-9-12(18)15(21-16)23-2-4-26-5-3-23;1-27-13-7-10(6-12(14(13)24)23(25)26)8-19-21-16-18-9-11(17)15(20-16)22-2-4-28-5-3-22/h1-6,11-12,26H,7-10H2,(H,21,23,24);2-5,10-11H,6-9H2,1H3,(H,19,21,22);3-4,9-11,24H,2,5-8H2,1H3,(H,19,21,22);6-9,24H,2-5H2,1H3,(H,19,21,22);6-9,24H,2-5H2,1H3,(H,18,20,21)/b22-11+;2*20-10-;20-8+;19-8-. The van der Waals surface area contributed by atoms with E-state index in [9.17, 15) is 57.3 Å². The van der Waals surface area contributed by atoms with Crippen LogP contribution in [0.5, 0.6) is 40.2 Å². The molecule has 5 fully saturated rings. The van der Waals surface area contributed by atoms with E-state index in [2.05, 4.69) is 123 Å². The van der Waals surface area contributed by atoms with Crippen molar-refractivity contribution in [2.45, 2.75) is 6.92 Å². The molecular weight excluding hydrogens is 1820 g/mol. The lowest BCUT2D eigenvalue weighted by atomic mass is 10.0. The molecule has 0 aliphatic carbocycles. The van der Waals surface area contributed by atoms with Crippen molar-refractivity contribution in [1.82, 2.24) is 49.8 Å². The molecule has 0 amide bonds. The number of carbonyl (C=O) groups is 1.